The zero-order valence-electron chi connectivity index (χ0n) is 9.04. The van der Waals surface area contributed by atoms with Crippen LogP contribution in [0.3, 0.4) is 0 Å². The topological polar surface area (TPSA) is 60.7 Å². The van der Waals surface area contributed by atoms with Gasteiger partial charge < -0.3 is 15.3 Å². The summed E-state index contributed by atoms with van der Waals surface area (Å²) in [5, 5.41) is 28.0. The maximum absolute atomic E-state index is 9.58. The molecule has 0 saturated heterocycles. The Balaban J connectivity index is 2.26. The van der Waals surface area contributed by atoms with Gasteiger partial charge in [-0.1, -0.05) is 36.4 Å². The number of phenols is 3. The van der Waals surface area contributed by atoms with Crippen LogP contribution in [0.25, 0.3) is 12.2 Å². The first-order chi connectivity index (χ1) is 8.16. The smallest absolute Gasteiger partial charge is 0.164 e. The van der Waals surface area contributed by atoms with Crippen molar-refractivity contribution >= 4 is 12.2 Å². The number of rotatable bonds is 2. The fraction of sp³-hybridized carbons (Fsp3) is 0. The molecule has 0 aliphatic rings. The minimum Gasteiger partial charge on any atom is -0.508 e. The fourth-order valence-electron chi connectivity index (χ4n) is 1.45. The second kappa shape index (κ2) is 4.61. The van der Waals surface area contributed by atoms with Crippen molar-refractivity contribution in [2.45, 2.75) is 0 Å². The zero-order valence-corrected chi connectivity index (χ0v) is 9.04. The van der Waals surface area contributed by atoms with Gasteiger partial charge in [0.1, 0.15) is 5.75 Å². The molecule has 0 unspecified atom stereocenters. The van der Waals surface area contributed by atoms with Gasteiger partial charge >= 0.3 is 0 Å². The van der Waals surface area contributed by atoms with Crippen LogP contribution in [-0.2, 0) is 0 Å². The van der Waals surface area contributed by atoms with Crippen LogP contribution < -0.4 is 0 Å². The molecule has 17 heavy (non-hydrogen) atoms. The van der Waals surface area contributed by atoms with E-state index in [1.165, 1.54) is 6.07 Å². The molecule has 2 aromatic carbocycles. The predicted molar refractivity (Wildman–Crippen MR) is 66.8 cm³/mol. The van der Waals surface area contributed by atoms with Gasteiger partial charge in [-0.05, 0) is 23.8 Å². The van der Waals surface area contributed by atoms with Crippen molar-refractivity contribution in [1.29, 1.82) is 0 Å². The number of hydrogen-bond donors (Lipinski definition) is 3. The molecule has 0 spiro atoms. The summed E-state index contributed by atoms with van der Waals surface area (Å²) in [6, 6.07) is 11.5. The minimum atomic E-state index is -0.141. The van der Waals surface area contributed by atoms with Gasteiger partial charge in [-0.15, -0.1) is 0 Å². The van der Waals surface area contributed by atoms with Gasteiger partial charge in [0.15, 0.2) is 11.5 Å². The molecule has 2 aromatic rings. The maximum Gasteiger partial charge on any atom is 0.164 e. The highest BCUT2D eigenvalue weighted by molar-refractivity contribution is 5.73. The lowest BCUT2D eigenvalue weighted by molar-refractivity contribution is 0.403. The van der Waals surface area contributed by atoms with E-state index in [1.807, 2.05) is 0 Å². The van der Waals surface area contributed by atoms with Gasteiger partial charge in [-0.2, -0.15) is 0 Å². The standard InChI is InChI=1S/C14H12O3/c15-12-8-5-10(6-9-12)4-7-11-2-1-3-13(16)14(11)17/h1-9,15-17H/b7-4+. The van der Waals surface area contributed by atoms with Gasteiger partial charge in [0, 0.05) is 5.56 Å². The van der Waals surface area contributed by atoms with Gasteiger partial charge in [0.2, 0.25) is 0 Å². The van der Waals surface area contributed by atoms with Crippen LogP contribution in [0, 0.1) is 0 Å². The molecular weight excluding hydrogens is 216 g/mol. The summed E-state index contributed by atoms with van der Waals surface area (Å²) >= 11 is 0. The number of aromatic hydroxyl groups is 3. The summed E-state index contributed by atoms with van der Waals surface area (Å²) in [6.07, 6.45) is 3.48. The molecule has 0 aromatic heterocycles. The van der Waals surface area contributed by atoms with Crippen LogP contribution >= 0.6 is 0 Å². The third-order valence-electron chi connectivity index (χ3n) is 2.39. The normalized spacial score (nSPS) is 10.8. The van der Waals surface area contributed by atoms with Crippen molar-refractivity contribution in [3.05, 3.63) is 53.6 Å². The molecule has 0 heterocycles. The average molecular weight is 228 g/mol. The van der Waals surface area contributed by atoms with E-state index in [0.717, 1.165) is 5.56 Å². The van der Waals surface area contributed by atoms with Crippen LogP contribution in [0.4, 0.5) is 0 Å². The lowest BCUT2D eigenvalue weighted by atomic mass is 10.1. The largest absolute Gasteiger partial charge is 0.508 e. The molecule has 2 rings (SSSR count). The van der Waals surface area contributed by atoms with Crippen molar-refractivity contribution in [1.82, 2.24) is 0 Å². The number of phenolic OH excluding ortho intramolecular Hbond substituents is 3. The summed E-state index contributed by atoms with van der Waals surface area (Å²) in [4.78, 5) is 0. The average Bonchev–Trinajstić information content (AvgIpc) is 2.33. The van der Waals surface area contributed by atoms with Crippen molar-refractivity contribution in [2.24, 2.45) is 0 Å². The molecule has 0 saturated carbocycles. The molecule has 0 fully saturated rings. The van der Waals surface area contributed by atoms with E-state index in [4.69, 9.17) is 5.11 Å². The second-order valence-electron chi connectivity index (χ2n) is 3.64. The summed E-state index contributed by atoms with van der Waals surface area (Å²) in [7, 11) is 0. The van der Waals surface area contributed by atoms with E-state index < -0.39 is 0 Å². The summed E-state index contributed by atoms with van der Waals surface area (Å²) in [5.74, 6) is -0.0669. The third-order valence-corrected chi connectivity index (χ3v) is 2.39. The minimum absolute atomic E-state index is 0.137. The number of hydrogen-bond acceptors (Lipinski definition) is 3. The van der Waals surface area contributed by atoms with Crippen molar-refractivity contribution in [3.63, 3.8) is 0 Å². The first-order valence-corrected chi connectivity index (χ1v) is 5.15. The first kappa shape index (κ1) is 11.1. The van der Waals surface area contributed by atoms with Crippen LogP contribution in [0.5, 0.6) is 17.2 Å². The quantitative estimate of drug-likeness (QED) is 0.547. The van der Waals surface area contributed by atoms with E-state index in [0.29, 0.717) is 5.56 Å². The van der Waals surface area contributed by atoms with E-state index in [9.17, 15) is 10.2 Å². The fourth-order valence-corrected chi connectivity index (χ4v) is 1.45. The predicted octanol–water partition coefficient (Wildman–Crippen LogP) is 2.97. The Morgan fingerprint density at radius 1 is 0.765 bits per heavy atom. The zero-order chi connectivity index (χ0) is 12.3. The third kappa shape index (κ3) is 2.58. The summed E-state index contributed by atoms with van der Waals surface area (Å²) in [6.45, 7) is 0. The summed E-state index contributed by atoms with van der Waals surface area (Å²) < 4.78 is 0. The Morgan fingerprint density at radius 2 is 1.47 bits per heavy atom. The van der Waals surface area contributed by atoms with Crippen LogP contribution in [0.15, 0.2) is 42.5 Å². The molecule has 0 atom stereocenters. The lowest BCUT2D eigenvalue weighted by Gasteiger charge is -2.01. The molecule has 3 nitrogen and oxygen atoms in total. The SMILES string of the molecule is Oc1ccc(/C=C/c2cccc(O)c2O)cc1. The van der Waals surface area contributed by atoms with Crippen LogP contribution in [0.1, 0.15) is 11.1 Å². The monoisotopic (exact) mass is 228 g/mol. The van der Waals surface area contributed by atoms with E-state index in [1.54, 1.807) is 48.6 Å². The molecule has 0 bridgehead atoms. The Labute approximate surface area is 98.9 Å². The molecule has 3 N–H and O–H groups in total. The number of benzene rings is 2. The van der Waals surface area contributed by atoms with Crippen LogP contribution in [-0.4, -0.2) is 15.3 Å². The van der Waals surface area contributed by atoms with E-state index in [-0.39, 0.29) is 17.2 Å². The molecule has 3 heteroatoms. The highest BCUT2D eigenvalue weighted by Gasteiger charge is 2.01. The van der Waals surface area contributed by atoms with E-state index in [2.05, 4.69) is 0 Å². The molecular formula is C14H12O3. The molecule has 0 aliphatic carbocycles. The Kier molecular flexibility index (Phi) is 3.01. The highest BCUT2D eigenvalue weighted by atomic mass is 16.3. The first-order valence-electron chi connectivity index (χ1n) is 5.15. The second-order valence-corrected chi connectivity index (χ2v) is 3.64. The Hall–Kier alpha value is -2.42. The van der Waals surface area contributed by atoms with Crippen molar-refractivity contribution < 1.29 is 15.3 Å². The number of para-hydroxylation sites is 1. The van der Waals surface area contributed by atoms with Crippen molar-refractivity contribution in [2.75, 3.05) is 0 Å². The molecule has 86 valence electrons. The Morgan fingerprint density at radius 3 is 2.18 bits per heavy atom. The van der Waals surface area contributed by atoms with Gasteiger partial charge in [-0.25, -0.2) is 0 Å². The Bertz CT molecular complexity index is 542. The van der Waals surface area contributed by atoms with Gasteiger partial charge in [0.25, 0.3) is 0 Å². The molecule has 0 radical (unpaired) electrons. The molecule has 0 aliphatic heterocycles. The van der Waals surface area contributed by atoms with Gasteiger partial charge in [-0.3, -0.25) is 0 Å². The maximum atomic E-state index is 9.58. The van der Waals surface area contributed by atoms with Crippen LogP contribution in [0.2, 0.25) is 0 Å². The van der Waals surface area contributed by atoms with Crippen molar-refractivity contribution in [3.8, 4) is 17.2 Å². The van der Waals surface area contributed by atoms with E-state index >= 15 is 0 Å². The molecule has 0 amide bonds. The lowest BCUT2D eigenvalue weighted by Crippen LogP contribution is -1.76. The summed E-state index contributed by atoms with van der Waals surface area (Å²) in [5.41, 5.74) is 1.43. The van der Waals surface area contributed by atoms with Gasteiger partial charge in [0.05, 0.1) is 0 Å². The highest BCUT2D eigenvalue weighted by Crippen LogP contribution is 2.29.